The number of allylic oxidation sites excluding steroid dienone is 1. The van der Waals surface area contributed by atoms with Gasteiger partial charge in [0.15, 0.2) is 0 Å². The third-order valence-corrected chi connectivity index (χ3v) is 2.06. The summed E-state index contributed by atoms with van der Waals surface area (Å²) in [5.74, 6) is 1.53. The number of hydrogen-bond acceptors (Lipinski definition) is 3. The van der Waals surface area contributed by atoms with Gasteiger partial charge in [-0.2, -0.15) is 11.8 Å². The molecule has 0 aliphatic rings. The molecule has 0 aromatic heterocycles. The van der Waals surface area contributed by atoms with Crippen molar-refractivity contribution in [2.45, 2.75) is 6.92 Å². The summed E-state index contributed by atoms with van der Waals surface area (Å²) in [7, 11) is 0. The third-order valence-electron chi connectivity index (χ3n) is 1.10. The van der Waals surface area contributed by atoms with Crippen LogP contribution < -0.4 is 5.32 Å². The molecular weight excluding hydrogens is 174 g/mol. The first-order valence-electron chi connectivity index (χ1n) is 3.90. The normalized spacial score (nSPS) is 10.5. The van der Waals surface area contributed by atoms with Crippen molar-refractivity contribution in [3.8, 4) is 0 Å². The van der Waals surface area contributed by atoms with Crippen molar-refractivity contribution in [1.82, 2.24) is 5.32 Å². The van der Waals surface area contributed by atoms with E-state index in [-0.39, 0.29) is 12.5 Å². The van der Waals surface area contributed by atoms with E-state index >= 15 is 0 Å². The van der Waals surface area contributed by atoms with Crippen LogP contribution in [0.15, 0.2) is 12.2 Å². The number of amides is 1. The van der Waals surface area contributed by atoms with Gasteiger partial charge in [-0.3, -0.25) is 4.79 Å². The Kier molecular flexibility index (Phi) is 8.27. The van der Waals surface area contributed by atoms with Crippen LogP contribution in [0.3, 0.4) is 0 Å². The van der Waals surface area contributed by atoms with E-state index in [1.807, 2.05) is 0 Å². The molecule has 0 bridgehead atoms. The molecule has 2 N–H and O–H groups in total. The zero-order valence-corrected chi connectivity index (χ0v) is 8.06. The van der Waals surface area contributed by atoms with E-state index in [2.05, 4.69) is 5.32 Å². The summed E-state index contributed by atoms with van der Waals surface area (Å²) in [6.45, 7) is 2.67. The molecule has 0 aliphatic heterocycles. The molecule has 0 fully saturated rings. The average Bonchev–Trinajstić information content (AvgIpc) is 2.05. The predicted molar refractivity (Wildman–Crippen MR) is 52.2 cm³/mol. The maximum atomic E-state index is 10.8. The summed E-state index contributed by atoms with van der Waals surface area (Å²) < 4.78 is 0. The Morgan fingerprint density at radius 1 is 1.58 bits per heavy atom. The number of nitrogens with one attached hydrogen (secondary N) is 1. The van der Waals surface area contributed by atoms with Crippen LogP contribution in [0.25, 0.3) is 0 Å². The Labute approximate surface area is 77.2 Å². The molecule has 4 heteroatoms. The van der Waals surface area contributed by atoms with Gasteiger partial charge in [-0.25, -0.2) is 0 Å². The minimum atomic E-state index is -0.0536. The Morgan fingerprint density at radius 3 is 2.92 bits per heavy atom. The van der Waals surface area contributed by atoms with Gasteiger partial charge in [0.25, 0.3) is 0 Å². The minimum Gasteiger partial charge on any atom is -0.396 e. The molecular formula is C8H15NO2S. The number of carbonyl (C=O) groups excluding carboxylic acids is 1. The molecule has 0 aliphatic carbocycles. The van der Waals surface area contributed by atoms with Gasteiger partial charge in [0, 0.05) is 18.1 Å². The Morgan fingerprint density at radius 2 is 2.33 bits per heavy atom. The smallest absolute Gasteiger partial charge is 0.243 e. The molecule has 1 amide bonds. The third kappa shape index (κ3) is 7.63. The highest BCUT2D eigenvalue weighted by Gasteiger charge is 1.92. The van der Waals surface area contributed by atoms with Gasteiger partial charge in [0.1, 0.15) is 0 Å². The molecule has 0 radical (unpaired) electrons. The largest absolute Gasteiger partial charge is 0.396 e. The molecule has 12 heavy (non-hydrogen) atoms. The maximum Gasteiger partial charge on any atom is 0.243 e. The van der Waals surface area contributed by atoms with Crippen LogP contribution in [0.5, 0.6) is 0 Å². The molecule has 0 heterocycles. The van der Waals surface area contributed by atoms with Crippen LogP contribution in [0, 0.1) is 0 Å². The number of thioether (sulfide) groups is 1. The van der Waals surface area contributed by atoms with Crippen LogP contribution in [0.2, 0.25) is 0 Å². The number of aliphatic hydroxyl groups excluding tert-OH is 1. The lowest BCUT2D eigenvalue weighted by atomic mass is 10.5. The second-order valence-corrected chi connectivity index (χ2v) is 3.35. The minimum absolute atomic E-state index is 0.0536. The molecule has 0 rings (SSSR count). The highest BCUT2D eigenvalue weighted by Crippen LogP contribution is 1.95. The van der Waals surface area contributed by atoms with Crippen molar-refractivity contribution < 1.29 is 9.90 Å². The summed E-state index contributed by atoms with van der Waals surface area (Å²) in [4.78, 5) is 10.8. The maximum absolute atomic E-state index is 10.8. The molecule has 70 valence electrons. The average molecular weight is 189 g/mol. The zero-order chi connectivity index (χ0) is 9.23. The summed E-state index contributed by atoms with van der Waals surface area (Å²) in [6.07, 6.45) is 3.20. The highest BCUT2D eigenvalue weighted by molar-refractivity contribution is 7.99. The lowest BCUT2D eigenvalue weighted by molar-refractivity contribution is -0.116. The first-order chi connectivity index (χ1) is 5.81. The lowest BCUT2D eigenvalue weighted by Gasteiger charge is -2.00. The van der Waals surface area contributed by atoms with Crippen LogP contribution in [-0.4, -0.2) is 35.7 Å². The second kappa shape index (κ2) is 8.62. The highest BCUT2D eigenvalue weighted by atomic mass is 32.2. The quantitative estimate of drug-likeness (QED) is 0.470. The molecule has 0 atom stereocenters. The van der Waals surface area contributed by atoms with Gasteiger partial charge in [-0.05, 0) is 13.0 Å². The summed E-state index contributed by atoms with van der Waals surface area (Å²) in [5.41, 5.74) is 0. The number of aliphatic hydroxyl groups is 1. The van der Waals surface area contributed by atoms with E-state index in [0.717, 1.165) is 11.5 Å². The Bertz CT molecular complexity index is 148. The van der Waals surface area contributed by atoms with Gasteiger partial charge in [-0.1, -0.05) is 6.08 Å². The first-order valence-corrected chi connectivity index (χ1v) is 5.06. The van der Waals surface area contributed by atoms with E-state index in [1.165, 1.54) is 6.08 Å². The van der Waals surface area contributed by atoms with Gasteiger partial charge in [0.2, 0.25) is 5.91 Å². The van der Waals surface area contributed by atoms with Crippen molar-refractivity contribution in [3.05, 3.63) is 12.2 Å². The number of carbonyl (C=O) groups is 1. The van der Waals surface area contributed by atoms with E-state index in [9.17, 15) is 4.79 Å². The van der Waals surface area contributed by atoms with Crippen molar-refractivity contribution >= 4 is 17.7 Å². The fourth-order valence-electron chi connectivity index (χ4n) is 0.623. The Balaban J connectivity index is 3.14. The fraction of sp³-hybridized carbons (Fsp3) is 0.625. The standard InChI is InChI=1S/C8H15NO2S/c1-2-3-8(11)9-4-6-12-7-5-10/h2-3,10H,4-7H2,1H3,(H,9,11). The Hall–Kier alpha value is -0.480. The van der Waals surface area contributed by atoms with Crippen molar-refractivity contribution in [2.75, 3.05) is 24.7 Å². The fourth-order valence-corrected chi connectivity index (χ4v) is 1.20. The number of hydrogen-bond donors (Lipinski definition) is 2. The molecule has 0 unspecified atom stereocenters. The SMILES string of the molecule is CC=CC(=O)NCCSCCO. The van der Waals surface area contributed by atoms with E-state index in [0.29, 0.717) is 6.54 Å². The van der Waals surface area contributed by atoms with Gasteiger partial charge >= 0.3 is 0 Å². The van der Waals surface area contributed by atoms with E-state index in [4.69, 9.17) is 5.11 Å². The van der Waals surface area contributed by atoms with Crippen LogP contribution in [0.1, 0.15) is 6.92 Å². The number of rotatable bonds is 6. The van der Waals surface area contributed by atoms with Crippen LogP contribution in [-0.2, 0) is 4.79 Å². The van der Waals surface area contributed by atoms with E-state index in [1.54, 1.807) is 24.8 Å². The molecule has 0 aromatic rings. The van der Waals surface area contributed by atoms with Crippen LogP contribution in [0.4, 0.5) is 0 Å². The van der Waals surface area contributed by atoms with E-state index < -0.39 is 0 Å². The molecule has 0 spiro atoms. The molecule has 3 nitrogen and oxygen atoms in total. The lowest BCUT2D eigenvalue weighted by Crippen LogP contribution is -2.23. The van der Waals surface area contributed by atoms with Crippen LogP contribution >= 0.6 is 11.8 Å². The topological polar surface area (TPSA) is 49.3 Å². The van der Waals surface area contributed by atoms with Crippen molar-refractivity contribution in [1.29, 1.82) is 0 Å². The summed E-state index contributed by atoms with van der Waals surface area (Å²) in [6, 6.07) is 0. The monoisotopic (exact) mass is 189 g/mol. The van der Waals surface area contributed by atoms with Crippen molar-refractivity contribution in [3.63, 3.8) is 0 Å². The molecule has 0 saturated carbocycles. The molecule has 0 aromatic carbocycles. The zero-order valence-electron chi connectivity index (χ0n) is 7.25. The summed E-state index contributed by atoms with van der Waals surface area (Å²) in [5, 5.41) is 11.2. The van der Waals surface area contributed by atoms with Gasteiger partial charge in [-0.15, -0.1) is 0 Å². The summed E-state index contributed by atoms with van der Waals surface area (Å²) >= 11 is 1.62. The van der Waals surface area contributed by atoms with Gasteiger partial charge < -0.3 is 10.4 Å². The van der Waals surface area contributed by atoms with Crippen molar-refractivity contribution in [2.24, 2.45) is 0 Å². The predicted octanol–water partition coefficient (Wildman–Crippen LogP) is 0.404. The molecule has 0 saturated heterocycles. The van der Waals surface area contributed by atoms with Gasteiger partial charge in [0.05, 0.1) is 6.61 Å². The first kappa shape index (κ1) is 11.5. The second-order valence-electron chi connectivity index (χ2n) is 2.13.